The van der Waals surface area contributed by atoms with E-state index in [1.807, 2.05) is 170 Å². The van der Waals surface area contributed by atoms with E-state index >= 15 is 0 Å². The van der Waals surface area contributed by atoms with Gasteiger partial charge in [0.15, 0.2) is 0 Å². The first-order valence-corrected chi connectivity index (χ1v) is 18.6. The van der Waals surface area contributed by atoms with Gasteiger partial charge < -0.3 is 33.5 Å². The smallest absolute Gasteiger partial charge is 0.126 e. The van der Waals surface area contributed by atoms with Gasteiger partial charge in [0.25, 0.3) is 0 Å². The minimum atomic E-state index is -0.238. The topological polar surface area (TPSA) is 75.6 Å². The van der Waals surface area contributed by atoms with Crippen LogP contribution in [-0.2, 0) is 46.2 Å². The second-order valence-corrected chi connectivity index (χ2v) is 13.1. The maximum absolute atomic E-state index is 10.4. The van der Waals surface area contributed by atoms with Crippen LogP contribution >= 0.6 is 0 Å². The third kappa shape index (κ3) is 10.9. The molecule has 0 aliphatic carbocycles. The van der Waals surface area contributed by atoms with Gasteiger partial charge in [-0.2, -0.15) is 0 Å². The van der Waals surface area contributed by atoms with Crippen LogP contribution in [0.3, 0.4) is 0 Å². The monoisotopic (exact) mass is 744 g/mol. The van der Waals surface area contributed by atoms with Crippen LogP contribution in [0.4, 0.5) is 0 Å². The summed E-state index contributed by atoms with van der Waals surface area (Å²) >= 11 is 0. The highest BCUT2D eigenvalue weighted by Gasteiger charge is 2.13. The Bertz CT molecular complexity index is 2240. The molecule has 0 saturated heterocycles. The molecule has 7 nitrogen and oxygen atoms in total. The van der Waals surface area contributed by atoms with Crippen LogP contribution in [0.25, 0.3) is 0 Å². The fourth-order valence-corrected chi connectivity index (χ4v) is 5.98. The van der Waals surface area contributed by atoms with Gasteiger partial charge in [-0.05, 0) is 76.9 Å². The van der Waals surface area contributed by atoms with Crippen LogP contribution < -0.4 is 28.4 Å². The molecule has 7 aromatic rings. The van der Waals surface area contributed by atoms with E-state index in [4.69, 9.17) is 28.4 Å². The summed E-state index contributed by atoms with van der Waals surface area (Å²) in [6.45, 7) is 1.88. The van der Waals surface area contributed by atoms with Gasteiger partial charge in [0.1, 0.15) is 74.1 Å². The van der Waals surface area contributed by atoms with Crippen molar-refractivity contribution < 1.29 is 33.5 Å². The average molecular weight is 745 g/mol. The molecule has 1 N–H and O–H groups in total. The highest BCUT2D eigenvalue weighted by Crippen LogP contribution is 2.32. The highest BCUT2D eigenvalue weighted by atomic mass is 16.5. The maximum Gasteiger partial charge on any atom is 0.126 e. The summed E-state index contributed by atoms with van der Waals surface area (Å²) < 4.78 is 37.4. The lowest BCUT2D eigenvalue weighted by Crippen LogP contribution is -2.05. The van der Waals surface area contributed by atoms with Crippen molar-refractivity contribution in [2.24, 2.45) is 0 Å². The number of hydrogen-bond acceptors (Lipinski definition) is 7. The molecule has 0 spiro atoms. The first-order chi connectivity index (χ1) is 27.7. The van der Waals surface area contributed by atoms with Crippen LogP contribution in [-0.4, -0.2) is 5.11 Å². The second kappa shape index (κ2) is 19.6. The van der Waals surface area contributed by atoms with Crippen molar-refractivity contribution >= 4 is 0 Å². The van der Waals surface area contributed by atoms with Crippen LogP contribution in [0.2, 0.25) is 0 Å². The predicted molar refractivity (Wildman–Crippen MR) is 217 cm³/mol. The van der Waals surface area contributed by atoms with Crippen LogP contribution in [0.5, 0.6) is 34.5 Å². The van der Waals surface area contributed by atoms with Crippen molar-refractivity contribution in [2.45, 2.75) is 46.2 Å². The van der Waals surface area contributed by atoms with Gasteiger partial charge in [-0.3, -0.25) is 0 Å². The summed E-state index contributed by atoms with van der Waals surface area (Å²) in [5.41, 5.74) is 6.50. The largest absolute Gasteiger partial charge is 0.489 e. The Hall–Kier alpha value is -6.70. The SMILES string of the molecule is OCc1cc(OCc2cc(OCc3ccccc3)ccc2OCc2ccccc2)ccc1OCc1cc(OCc2ccccc2)ccc1OCc1ccccc1. The van der Waals surface area contributed by atoms with Gasteiger partial charge in [-0.1, -0.05) is 121 Å². The van der Waals surface area contributed by atoms with Gasteiger partial charge >= 0.3 is 0 Å². The molecule has 7 heteroatoms. The van der Waals surface area contributed by atoms with Gasteiger partial charge in [-0.25, -0.2) is 0 Å². The fourth-order valence-electron chi connectivity index (χ4n) is 5.98. The standard InChI is InChI=1S/C49H44O7/c50-30-41-27-44(53-35-42-28-45(51-31-37-13-5-1-6-14-37)22-25-48(42)54-33-39-17-9-3-10-18-39)21-24-47(41)56-36-43-29-46(52-32-38-15-7-2-8-16-38)23-26-49(43)55-34-40-19-11-4-12-20-40/h1-29,50H,30-36H2. The van der Waals surface area contributed by atoms with Crippen LogP contribution in [0.15, 0.2) is 176 Å². The zero-order valence-electron chi connectivity index (χ0n) is 31.1. The predicted octanol–water partition coefficient (Wildman–Crippen LogP) is 10.7. The summed E-state index contributed by atoms with van der Waals surface area (Å²) in [6.07, 6.45) is 0. The number of aliphatic hydroxyl groups excluding tert-OH is 1. The van der Waals surface area contributed by atoms with Gasteiger partial charge in [0.05, 0.1) is 6.61 Å². The Morgan fingerprint density at radius 1 is 0.286 bits per heavy atom. The Balaban J connectivity index is 1.04. The number of benzene rings is 7. The normalized spacial score (nSPS) is 10.7. The molecule has 0 amide bonds. The Morgan fingerprint density at radius 3 is 0.946 bits per heavy atom. The quantitative estimate of drug-likeness (QED) is 0.0883. The zero-order chi connectivity index (χ0) is 38.2. The Labute approximate surface area is 328 Å². The van der Waals surface area contributed by atoms with E-state index in [1.165, 1.54) is 0 Å². The van der Waals surface area contributed by atoms with Crippen molar-refractivity contribution in [1.82, 2.24) is 0 Å². The lowest BCUT2D eigenvalue weighted by atomic mass is 10.1. The minimum Gasteiger partial charge on any atom is -0.489 e. The number of aliphatic hydroxyl groups is 1. The van der Waals surface area contributed by atoms with Crippen molar-refractivity contribution in [3.05, 3.63) is 215 Å². The van der Waals surface area contributed by atoms with Crippen molar-refractivity contribution in [2.75, 3.05) is 0 Å². The summed E-state index contributed by atoms with van der Waals surface area (Å²) in [7, 11) is 0. The average Bonchev–Trinajstić information content (AvgIpc) is 3.26. The molecule has 0 aliphatic rings. The maximum atomic E-state index is 10.4. The fraction of sp³-hybridized carbons (Fsp3) is 0.143. The number of ether oxygens (including phenoxy) is 6. The van der Waals surface area contributed by atoms with Crippen molar-refractivity contribution in [3.8, 4) is 34.5 Å². The molecular formula is C49H44O7. The Kier molecular flexibility index (Phi) is 13.1. The van der Waals surface area contributed by atoms with Crippen molar-refractivity contribution in [3.63, 3.8) is 0 Å². The lowest BCUT2D eigenvalue weighted by molar-refractivity contribution is 0.247. The summed E-state index contributed by atoms with van der Waals surface area (Å²) in [4.78, 5) is 0. The third-order valence-electron chi connectivity index (χ3n) is 9.01. The van der Waals surface area contributed by atoms with Gasteiger partial charge in [0, 0.05) is 16.7 Å². The first-order valence-electron chi connectivity index (χ1n) is 18.6. The van der Waals surface area contributed by atoms with Crippen molar-refractivity contribution in [1.29, 1.82) is 0 Å². The number of hydrogen-bond donors (Lipinski definition) is 1. The van der Waals surface area contributed by atoms with E-state index in [2.05, 4.69) is 0 Å². The van der Waals surface area contributed by atoms with E-state index in [9.17, 15) is 5.11 Å². The molecule has 0 unspecified atom stereocenters. The summed E-state index contributed by atoms with van der Waals surface area (Å²) in [5.74, 6) is 3.91. The summed E-state index contributed by atoms with van der Waals surface area (Å²) in [5, 5.41) is 10.4. The molecular weight excluding hydrogens is 701 g/mol. The third-order valence-corrected chi connectivity index (χ3v) is 9.01. The zero-order valence-corrected chi connectivity index (χ0v) is 31.1. The molecule has 7 aromatic carbocycles. The molecule has 0 heterocycles. The van der Waals surface area contributed by atoms with E-state index in [1.54, 1.807) is 6.07 Å². The minimum absolute atomic E-state index is 0.192. The van der Waals surface area contributed by atoms with Gasteiger partial charge in [-0.15, -0.1) is 0 Å². The van der Waals surface area contributed by atoms with Crippen LogP contribution in [0, 0.1) is 0 Å². The second-order valence-electron chi connectivity index (χ2n) is 13.1. The highest BCUT2D eigenvalue weighted by molar-refractivity contribution is 5.44. The van der Waals surface area contributed by atoms with E-state index in [0.29, 0.717) is 66.5 Å². The molecule has 282 valence electrons. The molecule has 0 aromatic heterocycles. The molecule has 0 radical (unpaired) electrons. The van der Waals surface area contributed by atoms with Gasteiger partial charge in [0.2, 0.25) is 0 Å². The number of rotatable bonds is 19. The van der Waals surface area contributed by atoms with E-state index in [0.717, 1.165) is 33.4 Å². The van der Waals surface area contributed by atoms with E-state index < -0.39 is 0 Å². The molecule has 56 heavy (non-hydrogen) atoms. The molecule has 0 atom stereocenters. The molecule has 0 aliphatic heterocycles. The van der Waals surface area contributed by atoms with E-state index in [-0.39, 0.29) is 19.8 Å². The van der Waals surface area contributed by atoms with Crippen LogP contribution in [0.1, 0.15) is 38.9 Å². The molecule has 0 fully saturated rings. The Morgan fingerprint density at radius 2 is 0.571 bits per heavy atom. The molecule has 0 bridgehead atoms. The molecule has 7 rings (SSSR count). The summed E-state index contributed by atoms with van der Waals surface area (Å²) in [6, 6.07) is 57.1. The molecule has 0 saturated carbocycles. The lowest BCUT2D eigenvalue weighted by Gasteiger charge is -2.17. The first kappa shape index (κ1) is 37.6.